The Morgan fingerprint density at radius 2 is 1.96 bits per heavy atom. The largest absolute Gasteiger partial charge is 0.380 e. The zero-order valence-electron chi connectivity index (χ0n) is 15.8. The van der Waals surface area contributed by atoms with Gasteiger partial charge in [0.05, 0.1) is 13.0 Å². The fourth-order valence-corrected chi connectivity index (χ4v) is 2.64. The second-order valence-electron chi connectivity index (χ2n) is 6.10. The lowest BCUT2D eigenvalue weighted by atomic mass is 10.1. The van der Waals surface area contributed by atoms with Crippen molar-refractivity contribution in [2.24, 2.45) is 5.73 Å². The van der Waals surface area contributed by atoms with E-state index in [9.17, 15) is 14.4 Å². The first kappa shape index (κ1) is 21.6. The van der Waals surface area contributed by atoms with Crippen LogP contribution in [0.3, 0.4) is 0 Å². The Morgan fingerprint density at radius 1 is 1.23 bits per heavy atom. The molecular formula is C19H29N3O4. The van der Waals surface area contributed by atoms with Gasteiger partial charge in [0.15, 0.2) is 0 Å². The summed E-state index contributed by atoms with van der Waals surface area (Å²) in [5.74, 6) is -1.30. The van der Waals surface area contributed by atoms with Crippen molar-refractivity contribution in [2.75, 3.05) is 20.2 Å². The van der Waals surface area contributed by atoms with Crippen LogP contribution in [-0.4, -0.2) is 48.9 Å². The SMILES string of the molecule is CCCNC(=O)C[C@H](C(N)=O)N(CCC)C(=O)c1cccc(COC)c1. The number of benzene rings is 1. The molecule has 0 saturated carbocycles. The van der Waals surface area contributed by atoms with Gasteiger partial charge in [0, 0.05) is 25.8 Å². The van der Waals surface area contributed by atoms with Crippen LogP contribution in [0.1, 0.15) is 49.0 Å². The third kappa shape index (κ3) is 6.48. The molecule has 3 amide bonds. The maximum atomic E-state index is 13.0. The van der Waals surface area contributed by atoms with Crippen LogP contribution < -0.4 is 11.1 Å². The van der Waals surface area contributed by atoms with E-state index >= 15 is 0 Å². The van der Waals surface area contributed by atoms with Gasteiger partial charge in [-0.25, -0.2) is 0 Å². The Labute approximate surface area is 154 Å². The Balaban J connectivity index is 3.05. The molecule has 0 radical (unpaired) electrons. The average Bonchev–Trinajstić information content (AvgIpc) is 2.62. The first-order valence-electron chi connectivity index (χ1n) is 8.89. The highest BCUT2D eigenvalue weighted by atomic mass is 16.5. The topological polar surface area (TPSA) is 102 Å². The monoisotopic (exact) mass is 363 g/mol. The third-order valence-corrected chi connectivity index (χ3v) is 3.87. The molecule has 144 valence electrons. The number of methoxy groups -OCH3 is 1. The summed E-state index contributed by atoms with van der Waals surface area (Å²) < 4.78 is 5.09. The fraction of sp³-hybridized carbons (Fsp3) is 0.526. The number of nitrogens with two attached hydrogens (primary N) is 1. The van der Waals surface area contributed by atoms with Gasteiger partial charge in [0.25, 0.3) is 5.91 Å². The van der Waals surface area contributed by atoms with E-state index in [0.29, 0.717) is 31.7 Å². The number of primary amides is 1. The van der Waals surface area contributed by atoms with Gasteiger partial charge >= 0.3 is 0 Å². The molecule has 0 aliphatic rings. The molecule has 0 unspecified atom stereocenters. The molecule has 0 spiro atoms. The summed E-state index contributed by atoms with van der Waals surface area (Å²) in [5.41, 5.74) is 6.80. The number of hydrogen-bond acceptors (Lipinski definition) is 4. The van der Waals surface area contributed by atoms with Crippen LogP contribution >= 0.6 is 0 Å². The van der Waals surface area contributed by atoms with Crippen molar-refractivity contribution in [3.8, 4) is 0 Å². The molecule has 0 bridgehead atoms. The van der Waals surface area contributed by atoms with Crippen LogP contribution in [0.4, 0.5) is 0 Å². The van der Waals surface area contributed by atoms with Crippen molar-refractivity contribution in [2.45, 2.75) is 45.8 Å². The molecule has 1 aromatic carbocycles. The maximum Gasteiger partial charge on any atom is 0.254 e. The van der Waals surface area contributed by atoms with Crippen molar-refractivity contribution < 1.29 is 19.1 Å². The van der Waals surface area contributed by atoms with Crippen LogP contribution in [0.2, 0.25) is 0 Å². The van der Waals surface area contributed by atoms with Gasteiger partial charge in [-0.15, -0.1) is 0 Å². The zero-order valence-corrected chi connectivity index (χ0v) is 15.8. The lowest BCUT2D eigenvalue weighted by Gasteiger charge is -2.29. The van der Waals surface area contributed by atoms with E-state index in [-0.39, 0.29) is 18.2 Å². The summed E-state index contributed by atoms with van der Waals surface area (Å²) >= 11 is 0. The summed E-state index contributed by atoms with van der Waals surface area (Å²) in [7, 11) is 1.58. The molecule has 0 heterocycles. The summed E-state index contributed by atoms with van der Waals surface area (Å²) in [6, 6.07) is 6.04. The average molecular weight is 363 g/mol. The van der Waals surface area contributed by atoms with Crippen molar-refractivity contribution in [1.82, 2.24) is 10.2 Å². The van der Waals surface area contributed by atoms with Crippen LogP contribution in [0, 0.1) is 0 Å². The molecule has 1 rings (SSSR count). The Kier molecular flexibility index (Phi) is 9.36. The zero-order chi connectivity index (χ0) is 19.5. The predicted octanol–water partition coefficient (Wildman–Crippen LogP) is 1.46. The van der Waals surface area contributed by atoms with E-state index in [4.69, 9.17) is 10.5 Å². The highest BCUT2D eigenvalue weighted by Crippen LogP contribution is 2.14. The molecule has 0 aliphatic carbocycles. The first-order valence-corrected chi connectivity index (χ1v) is 8.89. The molecule has 0 saturated heterocycles. The highest BCUT2D eigenvalue weighted by molar-refractivity contribution is 5.98. The normalized spacial score (nSPS) is 11.7. The molecular weight excluding hydrogens is 334 g/mol. The number of ether oxygens (including phenoxy) is 1. The summed E-state index contributed by atoms with van der Waals surface area (Å²) in [6.45, 7) is 5.07. The van der Waals surface area contributed by atoms with E-state index < -0.39 is 11.9 Å². The number of carbonyl (C=O) groups excluding carboxylic acids is 3. The van der Waals surface area contributed by atoms with Gasteiger partial charge in [0.2, 0.25) is 11.8 Å². The molecule has 3 N–H and O–H groups in total. The molecule has 1 atom stereocenters. The molecule has 26 heavy (non-hydrogen) atoms. The van der Waals surface area contributed by atoms with Gasteiger partial charge in [-0.1, -0.05) is 26.0 Å². The maximum absolute atomic E-state index is 13.0. The smallest absolute Gasteiger partial charge is 0.254 e. The number of amides is 3. The van der Waals surface area contributed by atoms with E-state index in [1.54, 1.807) is 25.3 Å². The number of carbonyl (C=O) groups is 3. The number of nitrogens with zero attached hydrogens (tertiary/aromatic N) is 1. The second kappa shape index (κ2) is 11.3. The molecule has 7 heteroatoms. The van der Waals surface area contributed by atoms with Gasteiger partial charge < -0.3 is 20.7 Å². The van der Waals surface area contributed by atoms with Gasteiger partial charge in [-0.05, 0) is 30.5 Å². The van der Waals surface area contributed by atoms with E-state index in [0.717, 1.165) is 12.0 Å². The quantitative estimate of drug-likeness (QED) is 0.621. The molecule has 7 nitrogen and oxygen atoms in total. The summed E-state index contributed by atoms with van der Waals surface area (Å²) in [6.07, 6.45) is 1.29. The second-order valence-corrected chi connectivity index (χ2v) is 6.10. The van der Waals surface area contributed by atoms with Gasteiger partial charge in [0.1, 0.15) is 6.04 Å². The molecule has 0 aliphatic heterocycles. The Hall–Kier alpha value is -2.41. The van der Waals surface area contributed by atoms with Crippen molar-refractivity contribution in [1.29, 1.82) is 0 Å². The minimum Gasteiger partial charge on any atom is -0.380 e. The molecule has 0 aromatic heterocycles. The lowest BCUT2D eigenvalue weighted by Crippen LogP contribution is -2.50. The standard InChI is InChI=1S/C19H29N3O4/c1-4-9-21-17(23)12-16(18(20)24)22(10-5-2)19(25)15-8-6-7-14(11-15)13-26-3/h6-8,11,16H,4-5,9-10,12-13H2,1-3H3,(H2,20,24)(H,21,23)/t16-/m1/s1. The summed E-state index contributed by atoms with van der Waals surface area (Å²) in [4.78, 5) is 38.4. The predicted molar refractivity (Wildman–Crippen MR) is 99.4 cm³/mol. The van der Waals surface area contributed by atoms with E-state index in [1.165, 1.54) is 4.90 Å². The molecule has 0 fully saturated rings. The minimum absolute atomic E-state index is 0.140. The number of hydrogen-bond donors (Lipinski definition) is 2. The van der Waals surface area contributed by atoms with E-state index in [1.807, 2.05) is 19.9 Å². The number of nitrogens with one attached hydrogen (secondary N) is 1. The van der Waals surface area contributed by atoms with Crippen LogP contribution in [0.25, 0.3) is 0 Å². The summed E-state index contributed by atoms with van der Waals surface area (Å²) in [5, 5.41) is 2.72. The lowest BCUT2D eigenvalue weighted by molar-refractivity contribution is -0.129. The Morgan fingerprint density at radius 3 is 2.54 bits per heavy atom. The highest BCUT2D eigenvalue weighted by Gasteiger charge is 2.30. The minimum atomic E-state index is -0.981. The molecule has 1 aromatic rings. The van der Waals surface area contributed by atoms with Crippen molar-refractivity contribution in [3.05, 3.63) is 35.4 Å². The Bertz CT molecular complexity index is 619. The van der Waals surface area contributed by atoms with Crippen molar-refractivity contribution in [3.63, 3.8) is 0 Å². The fourth-order valence-electron chi connectivity index (χ4n) is 2.64. The van der Waals surface area contributed by atoms with Gasteiger partial charge in [-0.3, -0.25) is 14.4 Å². The van der Waals surface area contributed by atoms with E-state index in [2.05, 4.69) is 5.32 Å². The number of rotatable bonds is 11. The third-order valence-electron chi connectivity index (χ3n) is 3.87. The van der Waals surface area contributed by atoms with Crippen LogP contribution in [-0.2, 0) is 20.9 Å². The first-order chi connectivity index (χ1) is 12.4. The van der Waals surface area contributed by atoms with Gasteiger partial charge in [-0.2, -0.15) is 0 Å². The van der Waals surface area contributed by atoms with Crippen LogP contribution in [0.15, 0.2) is 24.3 Å². The van der Waals surface area contributed by atoms with Crippen LogP contribution in [0.5, 0.6) is 0 Å². The van der Waals surface area contributed by atoms with Crippen molar-refractivity contribution >= 4 is 17.7 Å².